The second-order valence-corrected chi connectivity index (χ2v) is 9.96. The summed E-state index contributed by atoms with van der Waals surface area (Å²) in [5.41, 5.74) is 1.27. The summed E-state index contributed by atoms with van der Waals surface area (Å²) in [6, 6.07) is 14.3. The molecular weight excluding hydrogens is 460 g/mol. The van der Waals surface area contributed by atoms with E-state index in [4.69, 9.17) is 9.47 Å². The van der Waals surface area contributed by atoms with Crippen molar-refractivity contribution in [2.45, 2.75) is 24.3 Å². The van der Waals surface area contributed by atoms with Crippen molar-refractivity contribution >= 4 is 33.0 Å². The van der Waals surface area contributed by atoms with Gasteiger partial charge in [0.05, 0.1) is 29.0 Å². The highest BCUT2D eigenvalue weighted by molar-refractivity contribution is 7.89. The van der Waals surface area contributed by atoms with Crippen molar-refractivity contribution in [3.63, 3.8) is 0 Å². The lowest BCUT2D eigenvalue weighted by Gasteiger charge is -2.15. The zero-order valence-electron chi connectivity index (χ0n) is 17.8. The molecule has 1 atom stereocenters. The molecule has 1 unspecified atom stereocenters. The topological polar surface area (TPSA) is 93.7 Å². The molecule has 0 aliphatic carbocycles. The van der Waals surface area contributed by atoms with Crippen LogP contribution in [0, 0.1) is 11.8 Å². The average Bonchev–Trinajstić information content (AvgIpc) is 3.21. The lowest BCUT2D eigenvalue weighted by Crippen LogP contribution is -2.41. The van der Waals surface area contributed by atoms with Crippen LogP contribution in [0.1, 0.15) is 23.8 Å². The number of carbonyl (C=O) groups is 1. The Balaban J connectivity index is 1.42. The molecule has 9 heteroatoms. The van der Waals surface area contributed by atoms with Crippen molar-refractivity contribution in [2.75, 3.05) is 18.5 Å². The smallest absolute Gasteiger partial charge is 0.242 e. The van der Waals surface area contributed by atoms with Gasteiger partial charge in [0.1, 0.15) is 0 Å². The first kappa shape index (κ1) is 22.9. The first-order valence-corrected chi connectivity index (χ1v) is 12.7. The Bertz CT molecular complexity index is 1310. The Kier molecular flexibility index (Phi) is 6.99. The summed E-state index contributed by atoms with van der Waals surface area (Å²) in [5.74, 6) is 6.50. The molecule has 33 heavy (non-hydrogen) atoms. The van der Waals surface area contributed by atoms with Gasteiger partial charge in [0.25, 0.3) is 0 Å². The van der Waals surface area contributed by atoms with E-state index in [1.807, 2.05) is 23.6 Å². The van der Waals surface area contributed by atoms with Crippen LogP contribution < -0.4 is 19.5 Å². The number of fused-ring (bicyclic) bond motifs is 1. The second kappa shape index (κ2) is 10.1. The molecule has 1 amide bonds. The number of amides is 1. The number of nitrogens with one attached hydrogen (secondary N) is 2. The molecule has 0 spiro atoms. The van der Waals surface area contributed by atoms with Crippen LogP contribution in [-0.2, 0) is 14.8 Å². The normalized spacial score (nSPS) is 13.8. The van der Waals surface area contributed by atoms with E-state index in [9.17, 15) is 13.2 Å². The number of carbonyl (C=O) groups excluding carboxylic acids is 1. The van der Waals surface area contributed by atoms with Gasteiger partial charge in [0.2, 0.25) is 15.9 Å². The number of anilines is 1. The van der Waals surface area contributed by atoms with Crippen molar-refractivity contribution in [1.29, 1.82) is 0 Å². The van der Waals surface area contributed by atoms with E-state index < -0.39 is 22.0 Å². The fraction of sp³-hybridized carbons (Fsp3) is 0.208. The molecule has 4 rings (SSSR count). The number of rotatable bonds is 5. The van der Waals surface area contributed by atoms with Crippen LogP contribution in [0.15, 0.2) is 64.9 Å². The van der Waals surface area contributed by atoms with E-state index in [-0.39, 0.29) is 4.90 Å². The number of thiophene rings is 1. The number of benzene rings is 2. The Morgan fingerprint density at radius 1 is 1.03 bits per heavy atom. The maximum atomic E-state index is 12.8. The van der Waals surface area contributed by atoms with Crippen LogP contribution in [0.3, 0.4) is 0 Å². The lowest BCUT2D eigenvalue weighted by molar-refractivity contribution is -0.117. The first-order valence-electron chi connectivity index (χ1n) is 10.3. The molecule has 0 radical (unpaired) electrons. The van der Waals surface area contributed by atoms with Crippen LogP contribution in [0.25, 0.3) is 0 Å². The Morgan fingerprint density at radius 3 is 2.64 bits per heavy atom. The van der Waals surface area contributed by atoms with Gasteiger partial charge in [-0.25, -0.2) is 8.42 Å². The van der Waals surface area contributed by atoms with Gasteiger partial charge in [0, 0.05) is 23.7 Å². The first-order chi connectivity index (χ1) is 15.9. The van der Waals surface area contributed by atoms with Gasteiger partial charge in [-0.2, -0.15) is 4.72 Å². The minimum Gasteiger partial charge on any atom is -0.490 e. The highest BCUT2D eigenvalue weighted by atomic mass is 32.2. The Morgan fingerprint density at radius 2 is 1.85 bits per heavy atom. The third-order valence-electron chi connectivity index (χ3n) is 4.74. The van der Waals surface area contributed by atoms with E-state index in [1.165, 1.54) is 19.1 Å². The van der Waals surface area contributed by atoms with Gasteiger partial charge in [0.15, 0.2) is 11.5 Å². The van der Waals surface area contributed by atoms with Gasteiger partial charge >= 0.3 is 0 Å². The summed E-state index contributed by atoms with van der Waals surface area (Å²) in [7, 11) is -3.95. The predicted octanol–water partition coefficient (Wildman–Crippen LogP) is 3.61. The van der Waals surface area contributed by atoms with Crippen molar-refractivity contribution < 1.29 is 22.7 Å². The van der Waals surface area contributed by atoms with Gasteiger partial charge in [-0.3, -0.25) is 4.79 Å². The molecular formula is C24H22N2O5S2. The minimum atomic E-state index is -3.95. The van der Waals surface area contributed by atoms with Crippen molar-refractivity contribution in [1.82, 2.24) is 4.72 Å². The Hall–Kier alpha value is -3.32. The molecule has 0 fully saturated rings. The zero-order chi connectivity index (χ0) is 23.3. The molecule has 2 heterocycles. The van der Waals surface area contributed by atoms with Crippen LogP contribution in [0.4, 0.5) is 5.69 Å². The number of sulfonamides is 1. The molecule has 2 aromatic carbocycles. The summed E-state index contributed by atoms with van der Waals surface area (Å²) >= 11 is 1.55. The van der Waals surface area contributed by atoms with Crippen molar-refractivity contribution in [3.8, 4) is 23.3 Å². The lowest BCUT2D eigenvalue weighted by atomic mass is 10.2. The molecule has 1 aliphatic heterocycles. The van der Waals surface area contributed by atoms with Crippen molar-refractivity contribution in [2.24, 2.45) is 0 Å². The summed E-state index contributed by atoms with van der Waals surface area (Å²) in [4.78, 5) is 13.6. The molecule has 0 saturated heterocycles. The standard InChI is InChI=1S/C24H22N2O5S2/c1-17(26-33(28,29)21-10-11-22-23(16-21)31-13-4-12-30-22)24(27)25-19-6-2-5-18(15-19)8-9-20-7-3-14-32-20/h2-3,5-7,10-11,14-17,26H,4,12-13H2,1H3,(H,25,27). The second-order valence-electron chi connectivity index (χ2n) is 7.30. The van der Waals surface area contributed by atoms with Gasteiger partial charge < -0.3 is 14.8 Å². The summed E-state index contributed by atoms with van der Waals surface area (Å²) in [6.07, 6.45) is 0.715. The number of hydrogen-bond donors (Lipinski definition) is 2. The van der Waals surface area contributed by atoms with E-state index in [0.717, 1.165) is 10.4 Å². The molecule has 7 nitrogen and oxygen atoms in total. The highest BCUT2D eigenvalue weighted by Crippen LogP contribution is 2.31. The molecule has 3 aromatic rings. The largest absolute Gasteiger partial charge is 0.490 e. The van der Waals surface area contributed by atoms with Crippen LogP contribution in [-0.4, -0.2) is 33.6 Å². The minimum absolute atomic E-state index is 0.00255. The third-order valence-corrected chi connectivity index (χ3v) is 7.06. The average molecular weight is 483 g/mol. The summed E-state index contributed by atoms with van der Waals surface area (Å²) in [5, 5.41) is 4.69. The highest BCUT2D eigenvalue weighted by Gasteiger charge is 2.24. The maximum Gasteiger partial charge on any atom is 0.242 e. The molecule has 2 N–H and O–H groups in total. The Labute approximate surface area is 196 Å². The monoisotopic (exact) mass is 482 g/mol. The van der Waals surface area contributed by atoms with Crippen LogP contribution in [0.2, 0.25) is 0 Å². The summed E-state index contributed by atoms with van der Waals surface area (Å²) < 4.78 is 39.1. The van der Waals surface area contributed by atoms with Gasteiger partial charge in [-0.05, 0) is 48.7 Å². The van der Waals surface area contributed by atoms with Crippen LogP contribution >= 0.6 is 11.3 Å². The van der Waals surface area contributed by atoms with Crippen molar-refractivity contribution in [3.05, 3.63) is 70.4 Å². The quantitative estimate of drug-likeness (QED) is 0.542. The summed E-state index contributed by atoms with van der Waals surface area (Å²) in [6.45, 7) is 2.44. The van der Waals surface area contributed by atoms with E-state index in [1.54, 1.807) is 35.6 Å². The van der Waals surface area contributed by atoms with Gasteiger partial charge in [-0.15, -0.1) is 11.3 Å². The molecule has 0 bridgehead atoms. The molecule has 1 aliphatic rings. The fourth-order valence-corrected chi connectivity index (χ4v) is 4.86. The number of hydrogen-bond acceptors (Lipinski definition) is 6. The van der Waals surface area contributed by atoms with Gasteiger partial charge in [-0.1, -0.05) is 24.0 Å². The SMILES string of the molecule is CC(NS(=O)(=O)c1ccc2c(c1)OCCCO2)C(=O)Nc1cccc(C#Cc2cccs2)c1. The van der Waals surface area contributed by atoms with Crippen LogP contribution in [0.5, 0.6) is 11.5 Å². The molecule has 1 aromatic heterocycles. The maximum absolute atomic E-state index is 12.8. The third kappa shape index (κ3) is 5.93. The number of ether oxygens (including phenoxy) is 2. The van der Waals surface area contributed by atoms with E-state index in [2.05, 4.69) is 21.9 Å². The zero-order valence-corrected chi connectivity index (χ0v) is 19.5. The predicted molar refractivity (Wildman–Crippen MR) is 127 cm³/mol. The molecule has 0 saturated carbocycles. The fourth-order valence-electron chi connectivity index (χ4n) is 3.07. The molecule has 170 valence electrons. The van der Waals surface area contributed by atoms with E-state index >= 15 is 0 Å². The van der Waals surface area contributed by atoms with E-state index in [0.29, 0.717) is 36.8 Å².